The molecule has 2 N–H and O–H groups in total. The number of piperidine rings is 1. The second-order valence-corrected chi connectivity index (χ2v) is 9.45. The molecule has 0 saturated carbocycles. The summed E-state index contributed by atoms with van der Waals surface area (Å²) in [6, 6.07) is 13.8. The van der Waals surface area contributed by atoms with E-state index in [4.69, 9.17) is 21.3 Å². The van der Waals surface area contributed by atoms with E-state index >= 15 is 0 Å². The topological polar surface area (TPSA) is 79.4 Å². The number of anilines is 3. The van der Waals surface area contributed by atoms with Crippen LogP contribution in [0.4, 0.5) is 17.3 Å². The average molecular weight is 492 g/mol. The van der Waals surface area contributed by atoms with Crippen molar-refractivity contribution in [1.82, 2.24) is 15.3 Å². The van der Waals surface area contributed by atoms with Gasteiger partial charge < -0.3 is 20.3 Å². The molecule has 2 aromatic carbocycles. The van der Waals surface area contributed by atoms with Gasteiger partial charge >= 0.3 is 0 Å². The van der Waals surface area contributed by atoms with Crippen LogP contribution in [0.3, 0.4) is 0 Å². The van der Waals surface area contributed by atoms with Crippen LogP contribution in [0.15, 0.2) is 48.7 Å². The van der Waals surface area contributed by atoms with Gasteiger partial charge in [0.2, 0.25) is 5.95 Å². The molecule has 1 saturated heterocycles. The van der Waals surface area contributed by atoms with Gasteiger partial charge in [-0.3, -0.25) is 4.79 Å². The first-order valence-electron chi connectivity index (χ1n) is 12.3. The summed E-state index contributed by atoms with van der Waals surface area (Å²) in [4.78, 5) is 24.0. The first kappa shape index (κ1) is 23.6. The Bertz CT molecular complexity index is 1180. The Labute approximate surface area is 210 Å². The van der Waals surface area contributed by atoms with Crippen LogP contribution in [-0.2, 0) is 11.3 Å². The van der Waals surface area contributed by atoms with Gasteiger partial charge in [0.05, 0.1) is 23.5 Å². The maximum absolute atomic E-state index is 12.5. The molecule has 7 nitrogen and oxygen atoms in total. The molecule has 0 spiro atoms. The number of rotatable bonds is 1. The number of benzene rings is 2. The third kappa shape index (κ3) is 5.92. The average Bonchev–Trinajstić information content (AvgIpc) is 2.89. The third-order valence-electron chi connectivity index (χ3n) is 6.39. The molecule has 1 fully saturated rings. The van der Waals surface area contributed by atoms with Crippen molar-refractivity contribution in [3.63, 3.8) is 0 Å². The Morgan fingerprint density at radius 1 is 0.943 bits per heavy atom. The van der Waals surface area contributed by atoms with Crippen molar-refractivity contribution in [1.29, 1.82) is 0 Å². The number of nitrogens with zero attached hydrogens (tertiary/aromatic N) is 3. The van der Waals surface area contributed by atoms with Gasteiger partial charge in [-0.2, -0.15) is 0 Å². The smallest absolute Gasteiger partial charge is 0.251 e. The van der Waals surface area contributed by atoms with Crippen LogP contribution in [0.5, 0.6) is 0 Å². The number of ether oxygens (including phenoxy) is 1. The lowest BCUT2D eigenvalue weighted by molar-refractivity contribution is 0.0946. The molecule has 0 unspecified atom stereocenters. The van der Waals surface area contributed by atoms with Crippen LogP contribution in [0.1, 0.15) is 48.0 Å². The van der Waals surface area contributed by atoms with E-state index in [0.717, 1.165) is 42.7 Å². The second-order valence-electron chi connectivity index (χ2n) is 9.04. The van der Waals surface area contributed by atoms with Gasteiger partial charge in [-0.05, 0) is 68.0 Å². The third-order valence-corrected chi connectivity index (χ3v) is 6.67. The lowest BCUT2D eigenvalue weighted by Gasteiger charge is -2.29. The summed E-state index contributed by atoms with van der Waals surface area (Å²) in [5, 5.41) is 6.81. The van der Waals surface area contributed by atoms with E-state index in [9.17, 15) is 4.79 Å². The van der Waals surface area contributed by atoms with Crippen molar-refractivity contribution in [3.8, 4) is 11.3 Å². The van der Waals surface area contributed by atoms with Crippen LogP contribution in [0, 0.1) is 0 Å². The Morgan fingerprint density at radius 3 is 2.57 bits per heavy atom. The van der Waals surface area contributed by atoms with Crippen molar-refractivity contribution >= 4 is 34.8 Å². The predicted octanol–water partition coefficient (Wildman–Crippen LogP) is 5.57. The highest BCUT2D eigenvalue weighted by Gasteiger charge is 2.15. The van der Waals surface area contributed by atoms with Gasteiger partial charge in [-0.1, -0.05) is 23.7 Å². The van der Waals surface area contributed by atoms with E-state index in [1.54, 1.807) is 18.3 Å². The standard InChI is InChI=1S/C27H30ClN5O2/c28-24-17-30-27-31-22-14-19(15-23(16-22)33-11-3-1-4-12-33)18-35-13-5-2-10-29-26(34)21-8-6-20(7-9-21)25(24)32-27/h6-9,14-17H,1-5,10-13,18H2,(H,29,34)(H,30,31,32). The van der Waals surface area contributed by atoms with Gasteiger partial charge in [0.25, 0.3) is 5.91 Å². The molecule has 0 atom stereocenters. The number of carbonyl (C=O) groups excluding carboxylic acids is 1. The molecule has 8 heteroatoms. The molecular formula is C27H30ClN5O2. The fourth-order valence-corrected chi connectivity index (χ4v) is 4.73. The summed E-state index contributed by atoms with van der Waals surface area (Å²) in [6.45, 7) is 3.91. The first-order chi connectivity index (χ1) is 17.2. The minimum absolute atomic E-state index is 0.0900. The Kier molecular flexibility index (Phi) is 7.45. The first-order valence-corrected chi connectivity index (χ1v) is 12.7. The summed E-state index contributed by atoms with van der Waals surface area (Å²) >= 11 is 6.45. The molecule has 3 aliphatic heterocycles. The maximum atomic E-state index is 12.5. The number of amides is 1. The molecular weight excluding hydrogens is 462 g/mol. The van der Waals surface area contributed by atoms with Gasteiger partial charge in [0, 0.05) is 48.7 Å². The van der Waals surface area contributed by atoms with Gasteiger partial charge in [-0.25, -0.2) is 9.97 Å². The highest BCUT2D eigenvalue weighted by Crippen LogP contribution is 2.30. The number of halogens is 1. The molecule has 182 valence electrons. The number of hydrogen-bond acceptors (Lipinski definition) is 6. The summed E-state index contributed by atoms with van der Waals surface area (Å²) < 4.78 is 5.98. The zero-order valence-electron chi connectivity index (χ0n) is 19.7. The second kappa shape index (κ2) is 11.1. The lowest BCUT2D eigenvalue weighted by atomic mass is 10.1. The molecule has 0 radical (unpaired) electrons. The fraction of sp³-hybridized carbons (Fsp3) is 0.370. The van der Waals surface area contributed by atoms with Crippen molar-refractivity contribution in [2.75, 3.05) is 36.5 Å². The monoisotopic (exact) mass is 491 g/mol. The van der Waals surface area contributed by atoms with Crippen molar-refractivity contribution in [2.45, 2.75) is 38.7 Å². The maximum Gasteiger partial charge on any atom is 0.251 e. The van der Waals surface area contributed by atoms with Crippen molar-refractivity contribution in [2.24, 2.45) is 0 Å². The highest BCUT2D eigenvalue weighted by molar-refractivity contribution is 6.32. The summed E-state index contributed by atoms with van der Waals surface area (Å²) in [6.07, 6.45) is 7.06. The summed E-state index contributed by atoms with van der Waals surface area (Å²) in [7, 11) is 0. The van der Waals surface area contributed by atoms with E-state index in [-0.39, 0.29) is 5.91 Å². The van der Waals surface area contributed by atoms with E-state index < -0.39 is 0 Å². The van der Waals surface area contributed by atoms with Gasteiger partial charge in [0.1, 0.15) is 0 Å². The highest BCUT2D eigenvalue weighted by atomic mass is 35.5. The van der Waals surface area contributed by atoms with Gasteiger partial charge in [-0.15, -0.1) is 0 Å². The van der Waals surface area contributed by atoms with Crippen LogP contribution >= 0.6 is 11.6 Å². The number of carbonyl (C=O) groups is 1. The van der Waals surface area contributed by atoms with Crippen molar-refractivity contribution in [3.05, 3.63) is 64.8 Å². The molecule has 0 aliphatic carbocycles. The number of nitrogens with one attached hydrogen (secondary N) is 2. The summed E-state index contributed by atoms with van der Waals surface area (Å²) in [5.74, 6) is 0.375. The Balaban J connectivity index is 1.49. The molecule has 6 bridgehead atoms. The normalized spacial score (nSPS) is 17.1. The quantitative estimate of drug-likeness (QED) is 0.463. The molecule has 1 aromatic heterocycles. The van der Waals surface area contributed by atoms with Crippen LogP contribution < -0.4 is 15.5 Å². The summed E-state index contributed by atoms with van der Waals surface area (Å²) in [5.41, 5.74) is 5.25. The van der Waals surface area contributed by atoms with Crippen LogP contribution in [0.2, 0.25) is 5.02 Å². The number of fused-ring (bicyclic) bond motifs is 9. The van der Waals surface area contributed by atoms with Crippen LogP contribution in [-0.4, -0.2) is 42.1 Å². The van der Waals surface area contributed by atoms with E-state index in [1.807, 2.05) is 12.1 Å². The van der Waals surface area contributed by atoms with Gasteiger partial charge in [0.15, 0.2) is 0 Å². The minimum Gasteiger partial charge on any atom is -0.377 e. The Hall–Kier alpha value is -3.16. The molecule has 3 aliphatic rings. The molecule has 35 heavy (non-hydrogen) atoms. The van der Waals surface area contributed by atoms with Crippen molar-refractivity contribution < 1.29 is 9.53 Å². The SMILES string of the molecule is O=C1NCCCCOCc2cc(cc(N3CCCCC3)c2)Nc2ncc(Cl)c(n2)-c2ccc1cc2. The van der Waals surface area contributed by atoms with E-state index in [1.165, 1.54) is 24.9 Å². The molecule has 3 aromatic rings. The molecule has 1 amide bonds. The Morgan fingerprint density at radius 2 is 1.74 bits per heavy atom. The molecule has 6 rings (SSSR count). The van der Waals surface area contributed by atoms with E-state index in [2.05, 4.69) is 38.7 Å². The predicted molar refractivity (Wildman–Crippen MR) is 139 cm³/mol. The number of hydrogen-bond donors (Lipinski definition) is 2. The zero-order valence-corrected chi connectivity index (χ0v) is 20.5. The fourth-order valence-electron chi connectivity index (χ4n) is 4.53. The molecule has 4 heterocycles. The minimum atomic E-state index is -0.0900. The van der Waals surface area contributed by atoms with E-state index in [0.29, 0.717) is 42.0 Å². The zero-order chi connectivity index (χ0) is 24.0. The van der Waals surface area contributed by atoms with Crippen LogP contribution in [0.25, 0.3) is 11.3 Å². The largest absolute Gasteiger partial charge is 0.377 e. The lowest BCUT2D eigenvalue weighted by Crippen LogP contribution is -2.29. The number of aromatic nitrogens is 2.